The first-order chi connectivity index (χ1) is 7.63. The molecule has 5 heteroatoms. The van der Waals surface area contributed by atoms with Crippen LogP contribution >= 0.6 is 27.5 Å². The maximum Gasteiger partial charge on any atom is 0.130 e. The molecular weight excluding hydrogens is 289 g/mol. The monoisotopic (exact) mass is 301 g/mol. The summed E-state index contributed by atoms with van der Waals surface area (Å²) < 4.78 is 3.13. The van der Waals surface area contributed by atoms with Gasteiger partial charge in [-0.25, -0.2) is 9.66 Å². The van der Waals surface area contributed by atoms with Crippen molar-refractivity contribution in [1.82, 2.24) is 9.66 Å². The van der Waals surface area contributed by atoms with Gasteiger partial charge in [0.2, 0.25) is 0 Å². The Morgan fingerprint density at radius 2 is 2.19 bits per heavy atom. The Kier molecular flexibility index (Phi) is 3.40. The molecule has 86 valence electrons. The van der Waals surface area contributed by atoms with E-state index in [-0.39, 0.29) is 0 Å². The minimum Gasteiger partial charge on any atom is -0.317 e. The summed E-state index contributed by atoms with van der Waals surface area (Å²) in [5.74, 6) is 1.58. The predicted octanol–water partition coefficient (Wildman–Crippen LogP) is 2.78. The number of hydrogen-bond acceptors (Lipinski definition) is 2. The van der Waals surface area contributed by atoms with E-state index in [9.17, 15) is 0 Å². The van der Waals surface area contributed by atoms with Crippen molar-refractivity contribution in [3.63, 3.8) is 0 Å². The standard InChI is InChI=1S/C11H13BrClN3/c1-15(2)16-10-4-3-8(12)7-9(10)14-11(16)5-6-13/h3-4,7H,5-6H2,1-2H3. The zero-order valence-corrected chi connectivity index (χ0v) is 11.6. The van der Waals surface area contributed by atoms with E-state index in [4.69, 9.17) is 11.6 Å². The molecule has 0 radical (unpaired) electrons. The van der Waals surface area contributed by atoms with Crippen LogP contribution in [0.25, 0.3) is 11.0 Å². The fraction of sp³-hybridized carbons (Fsp3) is 0.364. The van der Waals surface area contributed by atoms with Gasteiger partial charge in [0.1, 0.15) is 5.82 Å². The van der Waals surface area contributed by atoms with Crippen LogP contribution in [0.3, 0.4) is 0 Å². The summed E-state index contributed by atoms with van der Waals surface area (Å²) >= 11 is 9.24. The van der Waals surface area contributed by atoms with Crippen molar-refractivity contribution < 1.29 is 0 Å². The number of fused-ring (bicyclic) bond motifs is 1. The van der Waals surface area contributed by atoms with Gasteiger partial charge in [-0.1, -0.05) is 15.9 Å². The average Bonchev–Trinajstić information content (AvgIpc) is 2.55. The molecule has 0 amide bonds. The lowest BCUT2D eigenvalue weighted by molar-refractivity contribution is 0.703. The van der Waals surface area contributed by atoms with Gasteiger partial charge in [-0.3, -0.25) is 0 Å². The number of nitrogens with zero attached hydrogens (tertiary/aromatic N) is 3. The lowest BCUT2D eigenvalue weighted by Crippen LogP contribution is -2.26. The van der Waals surface area contributed by atoms with E-state index in [2.05, 4.69) is 31.7 Å². The first kappa shape index (κ1) is 11.7. The minimum atomic E-state index is 0.582. The molecular formula is C11H13BrClN3. The summed E-state index contributed by atoms with van der Waals surface area (Å²) in [5.41, 5.74) is 2.09. The summed E-state index contributed by atoms with van der Waals surface area (Å²) in [4.78, 5) is 4.59. The summed E-state index contributed by atoms with van der Waals surface area (Å²) in [6, 6.07) is 6.10. The van der Waals surface area contributed by atoms with Gasteiger partial charge in [-0.2, -0.15) is 0 Å². The van der Waals surface area contributed by atoms with Crippen molar-refractivity contribution in [2.75, 3.05) is 25.0 Å². The van der Waals surface area contributed by atoms with Crippen LogP contribution in [0.15, 0.2) is 22.7 Å². The van der Waals surface area contributed by atoms with E-state index < -0.39 is 0 Å². The predicted molar refractivity (Wildman–Crippen MR) is 71.9 cm³/mol. The lowest BCUT2D eigenvalue weighted by Gasteiger charge is -2.17. The highest BCUT2D eigenvalue weighted by molar-refractivity contribution is 9.10. The number of halogens is 2. The van der Waals surface area contributed by atoms with Crippen molar-refractivity contribution in [1.29, 1.82) is 0 Å². The van der Waals surface area contributed by atoms with Crippen LogP contribution in [-0.2, 0) is 6.42 Å². The molecule has 0 aliphatic rings. The van der Waals surface area contributed by atoms with Gasteiger partial charge in [-0.15, -0.1) is 11.6 Å². The molecule has 0 N–H and O–H groups in total. The Hall–Kier alpha value is -0.740. The second kappa shape index (κ2) is 4.63. The first-order valence-electron chi connectivity index (χ1n) is 5.04. The van der Waals surface area contributed by atoms with E-state index in [0.29, 0.717) is 5.88 Å². The molecule has 2 aromatic rings. The fourth-order valence-corrected chi connectivity index (χ4v) is 2.30. The maximum atomic E-state index is 5.79. The number of alkyl halides is 1. The molecule has 3 nitrogen and oxygen atoms in total. The number of aryl methyl sites for hydroxylation is 1. The number of benzene rings is 1. The Morgan fingerprint density at radius 1 is 1.44 bits per heavy atom. The summed E-state index contributed by atoms with van der Waals surface area (Å²) in [5, 5.41) is 2.02. The molecule has 0 bridgehead atoms. The number of hydrogen-bond donors (Lipinski definition) is 0. The Labute approximate surface area is 108 Å². The van der Waals surface area contributed by atoms with Crippen molar-refractivity contribution in [3.05, 3.63) is 28.5 Å². The third-order valence-electron chi connectivity index (χ3n) is 2.38. The number of imidazole rings is 1. The molecule has 0 atom stereocenters. The largest absolute Gasteiger partial charge is 0.317 e. The van der Waals surface area contributed by atoms with Crippen molar-refractivity contribution in [2.24, 2.45) is 0 Å². The van der Waals surface area contributed by atoms with Gasteiger partial charge in [0.15, 0.2) is 0 Å². The molecule has 0 saturated carbocycles. The van der Waals surface area contributed by atoms with Crippen LogP contribution in [0, 0.1) is 0 Å². The van der Waals surface area contributed by atoms with Crippen LogP contribution in [0.2, 0.25) is 0 Å². The molecule has 0 saturated heterocycles. The van der Waals surface area contributed by atoms with Gasteiger partial charge in [-0.05, 0) is 18.2 Å². The third kappa shape index (κ3) is 2.04. The smallest absolute Gasteiger partial charge is 0.130 e. The molecule has 1 heterocycles. The molecule has 0 spiro atoms. The zero-order valence-electron chi connectivity index (χ0n) is 9.24. The molecule has 0 fully saturated rings. The second-order valence-corrected chi connectivity index (χ2v) is 5.05. The van der Waals surface area contributed by atoms with Gasteiger partial charge >= 0.3 is 0 Å². The van der Waals surface area contributed by atoms with Crippen LogP contribution in [0.1, 0.15) is 5.82 Å². The van der Waals surface area contributed by atoms with Gasteiger partial charge in [0.25, 0.3) is 0 Å². The van der Waals surface area contributed by atoms with Crippen molar-refractivity contribution >= 4 is 38.6 Å². The van der Waals surface area contributed by atoms with Gasteiger partial charge < -0.3 is 5.01 Å². The molecule has 1 aromatic heterocycles. The highest BCUT2D eigenvalue weighted by atomic mass is 79.9. The minimum absolute atomic E-state index is 0.582. The normalized spacial score (nSPS) is 11.0. The molecule has 1 aromatic carbocycles. The number of rotatable bonds is 3. The van der Waals surface area contributed by atoms with Crippen LogP contribution in [0.4, 0.5) is 0 Å². The van der Waals surface area contributed by atoms with Crippen molar-refractivity contribution in [3.8, 4) is 0 Å². The van der Waals surface area contributed by atoms with Gasteiger partial charge in [0, 0.05) is 30.9 Å². The van der Waals surface area contributed by atoms with Crippen LogP contribution in [0.5, 0.6) is 0 Å². The highest BCUT2D eigenvalue weighted by Crippen LogP contribution is 2.21. The summed E-state index contributed by atoms with van der Waals surface area (Å²) in [7, 11) is 4.00. The van der Waals surface area contributed by atoms with Crippen molar-refractivity contribution in [2.45, 2.75) is 6.42 Å². The quantitative estimate of drug-likeness (QED) is 0.813. The van der Waals surface area contributed by atoms with Crippen LogP contribution < -0.4 is 5.01 Å². The van der Waals surface area contributed by atoms with E-state index in [1.54, 1.807) is 0 Å². The van der Waals surface area contributed by atoms with E-state index in [1.165, 1.54) is 0 Å². The molecule has 16 heavy (non-hydrogen) atoms. The molecule has 2 rings (SSSR count). The van der Waals surface area contributed by atoms with Crippen LogP contribution in [-0.4, -0.2) is 29.6 Å². The fourth-order valence-electron chi connectivity index (χ4n) is 1.78. The van der Waals surface area contributed by atoms with E-state index in [0.717, 1.165) is 27.8 Å². The molecule has 0 unspecified atom stereocenters. The highest BCUT2D eigenvalue weighted by Gasteiger charge is 2.11. The second-order valence-electron chi connectivity index (χ2n) is 3.76. The number of aromatic nitrogens is 2. The van der Waals surface area contributed by atoms with E-state index in [1.807, 2.05) is 31.2 Å². The Balaban J connectivity index is 2.65. The summed E-state index contributed by atoms with van der Waals surface area (Å²) in [6.45, 7) is 0. The van der Waals surface area contributed by atoms with Gasteiger partial charge in [0.05, 0.1) is 11.0 Å². The first-order valence-corrected chi connectivity index (χ1v) is 6.36. The Bertz CT molecular complexity index is 507. The SMILES string of the molecule is CN(C)n1c(CCCl)nc2cc(Br)ccc21. The topological polar surface area (TPSA) is 21.1 Å². The maximum absolute atomic E-state index is 5.79. The Morgan fingerprint density at radius 3 is 2.81 bits per heavy atom. The van der Waals surface area contributed by atoms with E-state index >= 15 is 0 Å². The zero-order chi connectivity index (χ0) is 11.7. The summed E-state index contributed by atoms with van der Waals surface area (Å²) in [6.07, 6.45) is 0.770. The average molecular weight is 303 g/mol. The lowest BCUT2D eigenvalue weighted by atomic mass is 10.3. The third-order valence-corrected chi connectivity index (χ3v) is 3.06. The molecule has 0 aliphatic carbocycles. The molecule has 0 aliphatic heterocycles.